The van der Waals surface area contributed by atoms with Crippen molar-refractivity contribution in [2.24, 2.45) is 5.92 Å². The van der Waals surface area contributed by atoms with E-state index >= 15 is 0 Å². The number of aromatic nitrogens is 4. The van der Waals surface area contributed by atoms with Crippen molar-refractivity contribution in [2.75, 3.05) is 12.3 Å². The molecule has 102 valence electrons. The second-order valence-corrected chi connectivity index (χ2v) is 4.79. The van der Waals surface area contributed by atoms with Crippen LogP contribution in [0.25, 0.3) is 11.2 Å². The second kappa shape index (κ2) is 5.28. The van der Waals surface area contributed by atoms with Gasteiger partial charge in [-0.25, -0.2) is 9.97 Å². The Hall–Kier alpha value is -1.44. The Morgan fingerprint density at radius 2 is 2.32 bits per heavy atom. The summed E-state index contributed by atoms with van der Waals surface area (Å²) in [6.45, 7) is 0.166. The number of allylic oxidation sites excluding steroid dienone is 1. The van der Waals surface area contributed by atoms with E-state index in [9.17, 15) is 0 Å². The zero-order chi connectivity index (χ0) is 12.7. The fourth-order valence-corrected chi connectivity index (χ4v) is 2.55. The highest BCUT2D eigenvalue weighted by Gasteiger charge is 2.21. The number of halogens is 1. The minimum atomic E-state index is 0. The number of aliphatic hydroxyl groups is 1. The van der Waals surface area contributed by atoms with Gasteiger partial charge in [0, 0.05) is 12.5 Å². The average molecular weight is 300 g/mol. The van der Waals surface area contributed by atoms with Crippen LogP contribution in [-0.4, -0.2) is 31.2 Å². The number of anilines is 1. The van der Waals surface area contributed by atoms with Crippen LogP contribution in [0.2, 0.25) is 0 Å². The first-order chi connectivity index (χ1) is 8.69. The number of nitrogens with two attached hydrogens (primary N) is 1. The minimum Gasteiger partial charge on any atom is -0.396 e. The lowest BCUT2D eigenvalue weighted by atomic mass is 10.1. The maximum absolute atomic E-state index is 9.15. The van der Waals surface area contributed by atoms with E-state index in [0.717, 1.165) is 12.1 Å². The summed E-state index contributed by atoms with van der Waals surface area (Å²) in [5, 5.41) is 9.15. The molecule has 19 heavy (non-hydrogen) atoms. The topological polar surface area (TPSA) is 92.8 Å². The second-order valence-electron chi connectivity index (χ2n) is 4.41. The van der Waals surface area contributed by atoms with E-state index in [1.165, 1.54) is 0 Å². The molecule has 2 aromatic rings. The van der Waals surface area contributed by atoms with Gasteiger partial charge in [0.1, 0.15) is 11.2 Å². The molecular formula is C11H14ClN5OS. The molecule has 2 heterocycles. The number of nitrogen functional groups attached to an aromatic ring is 1. The molecule has 3 rings (SSSR count). The molecule has 8 heteroatoms. The van der Waals surface area contributed by atoms with Gasteiger partial charge in [-0.1, -0.05) is 24.4 Å². The molecule has 0 aromatic carbocycles. The lowest BCUT2D eigenvalue weighted by molar-refractivity contribution is 0.244. The van der Waals surface area contributed by atoms with Crippen molar-refractivity contribution in [3.05, 3.63) is 23.1 Å². The van der Waals surface area contributed by atoms with Crippen LogP contribution in [0.5, 0.6) is 0 Å². The highest BCUT2D eigenvalue weighted by atomic mass is 35.5. The molecule has 2 atom stereocenters. The van der Waals surface area contributed by atoms with Crippen molar-refractivity contribution >= 4 is 41.7 Å². The third-order valence-electron chi connectivity index (χ3n) is 3.21. The molecule has 6 nitrogen and oxygen atoms in total. The fraction of sp³-hybridized carbons (Fsp3) is 0.364. The quantitative estimate of drug-likeness (QED) is 0.578. The number of imidazole rings is 1. The number of hydrogen-bond donors (Lipinski definition) is 3. The van der Waals surface area contributed by atoms with Crippen molar-refractivity contribution in [1.29, 1.82) is 0 Å². The van der Waals surface area contributed by atoms with Gasteiger partial charge < -0.3 is 20.4 Å². The largest absolute Gasteiger partial charge is 0.396 e. The van der Waals surface area contributed by atoms with Crippen molar-refractivity contribution in [3.63, 3.8) is 0 Å². The molecule has 0 radical (unpaired) electrons. The number of aliphatic hydroxyl groups excluding tert-OH is 1. The molecule has 1 aliphatic rings. The van der Waals surface area contributed by atoms with E-state index in [-0.39, 0.29) is 36.9 Å². The number of hydrogen-bond acceptors (Lipinski definition) is 5. The zero-order valence-electron chi connectivity index (χ0n) is 9.98. The van der Waals surface area contributed by atoms with E-state index in [2.05, 4.69) is 21.0 Å². The van der Waals surface area contributed by atoms with Gasteiger partial charge in [0.05, 0.1) is 12.4 Å². The Morgan fingerprint density at radius 1 is 1.53 bits per heavy atom. The fourth-order valence-electron chi connectivity index (χ4n) is 2.30. The predicted octanol–water partition coefficient (Wildman–Crippen LogP) is 1.60. The molecule has 0 fully saturated rings. The Kier molecular flexibility index (Phi) is 3.88. The summed E-state index contributed by atoms with van der Waals surface area (Å²) >= 11 is 5.13. The smallest absolute Gasteiger partial charge is 0.200 e. The number of H-pyrrole nitrogens is 1. The summed E-state index contributed by atoms with van der Waals surface area (Å²) in [5.41, 5.74) is 7.10. The van der Waals surface area contributed by atoms with Crippen LogP contribution in [0.15, 0.2) is 18.5 Å². The van der Waals surface area contributed by atoms with Gasteiger partial charge in [-0.2, -0.15) is 0 Å². The van der Waals surface area contributed by atoms with E-state index in [1.54, 1.807) is 6.33 Å². The van der Waals surface area contributed by atoms with Crippen LogP contribution in [-0.2, 0) is 0 Å². The predicted molar refractivity (Wildman–Crippen MR) is 77.7 cm³/mol. The maximum Gasteiger partial charge on any atom is 0.200 e. The lowest BCUT2D eigenvalue weighted by Gasteiger charge is -2.12. The Morgan fingerprint density at radius 3 is 3.00 bits per heavy atom. The van der Waals surface area contributed by atoms with Gasteiger partial charge >= 0.3 is 0 Å². The summed E-state index contributed by atoms with van der Waals surface area (Å²) in [7, 11) is 0. The molecule has 2 aromatic heterocycles. The van der Waals surface area contributed by atoms with Gasteiger partial charge in [-0.15, -0.1) is 12.4 Å². The Balaban J connectivity index is 0.00000133. The number of fused-ring (bicyclic) bond motifs is 1. The molecule has 0 saturated heterocycles. The molecule has 4 N–H and O–H groups in total. The summed E-state index contributed by atoms with van der Waals surface area (Å²) in [6, 6.07) is 0.166. The van der Waals surface area contributed by atoms with Gasteiger partial charge in [0.15, 0.2) is 10.6 Å². The standard InChI is InChI=1S/C11H13N5OS.ClH/c12-11-14-9-8(10(18)15-11)13-5-16(9)7-2-1-6(3-7)4-17;/h1-2,5-7,17H,3-4H2,(H3,12,14,15,18);1H. The molecule has 0 aliphatic heterocycles. The molecule has 0 bridgehead atoms. The van der Waals surface area contributed by atoms with E-state index in [4.69, 9.17) is 23.1 Å². The number of aromatic amines is 1. The first-order valence-electron chi connectivity index (χ1n) is 5.70. The van der Waals surface area contributed by atoms with Crippen LogP contribution < -0.4 is 5.73 Å². The van der Waals surface area contributed by atoms with Gasteiger partial charge in [-0.05, 0) is 6.42 Å². The van der Waals surface area contributed by atoms with Crippen LogP contribution in [0.1, 0.15) is 12.5 Å². The number of nitrogens with zero attached hydrogens (tertiary/aromatic N) is 3. The molecule has 0 saturated carbocycles. The molecule has 2 unspecified atom stereocenters. The third-order valence-corrected chi connectivity index (χ3v) is 3.49. The minimum absolute atomic E-state index is 0. The Bertz CT molecular complexity index is 679. The van der Waals surface area contributed by atoms with E-state index in [0.29, 0.717) is 10.2 Å². The van der Waals surface area contributed by atoms with E-state index in [1.807, 2.05) is 10.6 Å². The highest BCUT2D eigenvalue weighted by molar-refractivity contribution is 7.71. The maximum atomic E-state index is 9.15. The SMILES string of the molecule is Cl.Nc1nc(=S)c2ncn(C3C=CC(CO)C3)c2[nH]1. The van der Waals surface area contributed by atoms with Crippen molar-refractivity contribution in [3.8, 4) is 0 Å². The average Bonchev–Trinajstić information content (AvgIpc) is 2.93. The summed E-state index contributed by atoms with van der Waals surface area (Å²) in [6.07, 6.45) is 6.67. The van der Waals surface area contributed by atoms with Crippen LogP contribution >= 0.6 is 24.6 Å². The van der Waals surface area contributed by atoms with Gasteiger partial charge in [0.2, 0.25) is 0 Å². The van der Waals surface area contributed by atoms with Crippen molar-refractivity contribution in [2.45, 2.75) is 12.5 Å². The molecular weight excluding hydrogens is 286 g/mol. The Labute approximate surface area is 120 Å². The summed E-state index contributed by atoms with van der Waals surface area (Å²) in [5.74, 6) is 0.490. The lowest BCUT2D eigenvalue weighted by Crippen LogP contribution is -2.08. The normalized spacial score (nSPS) is 21.7. The molecule has 1 aliphatic carbocycles. The number of nitrogens with one attached hydrogen (secondary N) is 1. The van der Waals surface area contributed by atoms with Crippen LogP contribution in [0.4, 0.5) is 5.95 Å². The molecule has 0 amide bonds. The van der Waals surface area contributed by atoms with Gasteiger partial charge in [-0.3, -0.25) is 0 Å². The third kappa shape index (κ3) is 2.36. The van der Waals surface area contributed by atoms with Crippen molar-refractivity contribution < 1.29 is 5.11 Å². The summed E-state index contributed by atoms with van der Waals surface area (Å²) in [4.78, 5) is 11.2. The zero-order valence-corrected chi connectivity index (χ0v) is 11.6. The monoisotopic (exact) mass is 299 g/mol. The summed E-state index contributed by atoms with van der Waals surface area (Å²) < 4.78 is 2.38. The molecule has 0 spiro atoms. The van der Waals surface area contributed by atoms with Crippen molar-refractivity contribution in [1.82, 2.24) is 19.5 Å². The first-order valence-corrected chi connectivity index (χ1v) is 6.11. The van der Waals surface area contributed by atoms with Crippen LogP contribution in [0, 0.1) is 10.6 Å². The first kappa shape index (κ1) is 14.0. The van der Waals surface area contributed by atoms with Crippen LogP contribution in [0.3, 0.4) is 0 Å². The highest BCUT2D eigenvalue weighted by Crippen LogP contribution is 2.29. The van der Waals surface area contributed by atoms with Gasteiger partial charge in [0.25, 0.3) is 0 Å². The number of rotatable bonds is 2. The van der Waals surface area contributed by atoms with E-state index < -0.39 is 0 Å².